The molecule has 12 heavy (non-hydrogen) atoms. The van der Waals surface area contributed by atoms with Crippen molar-refractivity contribution in [3.63, 3.8) is 0 Å². The van der Waals surface area contributed by atoms with E-state index >= 15 is 0 Å². The van der Waals surface area contributed by atoms with Gasteiger partial charge in [0.25, 0.3) is 0 Å². The summed E-state index contributed by atoms with van der Waals surface area (Å²) in [6.07, 6.45) is 1.66. The fourth-order valence-electron chi connectivity index (χ4n) is 1.47. The highest BCUT2D eigenvalue weighted by Gasteiger charge is 2.40. The van der Waals surface area contributed by atoms with Crippen LogP contribution in [0.5, 0.6) is 0 Å². The first-order chi connectivity index (χ1) is 5.75. The van der Waals surface area contributed by atoms with Crippen LogP contribution in [0.25, 0.3) is 0 Å². The fraction of sp³-hybridized carbons (Fsp3) is 0.875. The minimum absolute atomic E-state index is 0.246. The first-order valence-electron chi connectivity index (χ1n) is 4.11. The molecule has 70 valence electrons. The molecular weight excluding hydrogens is 158 g/mol. The molecule has 0 bridgehead atoms. The standard InChI is InChI=1S/C8H15NO3/c1-11-7(10)8(5-9)3-2-4-12-6-8/h2-6,9H2,1H3. The van der Waals surface area contributed by atoms with Crippen molar-refractivity contribution < 1.29 is 14.3 Å². The first kappa shape index (κ1) is 9.48. The van der Waals surface area contributed by atoms with Gasteiger partial charge in [0.2, 0.25) is 0 Å². The number of hydrogen-bond acceptors (Lipinski definition) is 4. The van der Waals surface area contributed by atoms with Crippen molar-refractivity contribution in [2.24, 2.45) is 11.1 Å². The molecule has 1 saturated heterocycles. The van der Waals surface area contributed by atoms with Crippen molar-refractivity contribution >= 4 is 5.97 Å². The van der Waals surface area contributed by atoms with Gasteiger partial charge in [0.05, 0.1) is 13.7 Å². The van der Waals surface area contributed by atoms with Gasteiger partial charge in [-0.3, -0.25) is 4.79 Å². The second-order valence-electron chi connectivity index (χ2n) is 3.13. The summed E-state index contributed by atoms with van der Waals surface area (Å²) in [7, 11) is 1.38. The van der Waals surface area contributed by atoms with Gasteiger partial charge in [-0.05, 0) is 12.8 Å². The molecular formula is C8H15NO3. The summed E-state index contributed by atoms with van der Waals surface area (Å²) in [5, 5.41) is 0. The van der Waals surface area contributed by atoms with Crippen molar-refractivity contribution in [2.45, 2.75) is 12.8 Å². The largest absolute Gasteiger partial charge is 0.468 e. The quantitative estimate of drug-likeness (QED) is 0.593. The van der Waals surface area contributed by atoms with Crippen LogP contribution in [0.4, 0.5) is 0 Å². The van der Waals surface area contributed by atoms with Crippen LogP contribution < -0.4 is 5.73 Å². The van der Waals surface area contributed by atoms with Gasteiger partial charge in [-0.25, -0.2) is 0 Å². The predicted octanol–water partition coefficient (Wildman–Crippen LogP) is -0.0851. The zero-order chi connectivity index (χ0) is 9.03. The highest BCUT2D eigenvalue weighted by Crippen LogP contribution is 2.28. The Labute approximate surface area is 72.0 Å². The second-order valence-corrected chi connectivity index (χ2v) is 3.13. The maximum atomic E-state index is 11.3. The summed E-state index contributed by atoms with van der Waals surface area (Å²) in [6.45, 7) is 1.43. The molecule has 4 heteroatoms. The molecule has 0 saturated carbocycles. The van der Waals surface area contributed by atoms with Crippen LogP contribution in [0.1, 0.15) is 12.8 Å². The Morgan fingerprint density at radius 3 is 2.92 bits per heavy atom. The Kier molecular flexibility index (Phi) is 3.05. The molecule has 1 fully saturated rings. The molecule has 1 unspecified atom stereocenters. The van der Waals surface area contributed by atoms with Gasteiger partial charge >= 0.3 is 5.97 Å². The summed E-state index contributed by atoms with van der Waals surface area (Å²) in [6, 6.07) is 0. The molecule has 1 aliphatic rings. The number of methoxy groups -OCH3 is 1. The molecule has 4 nitrogen and oxygen atoms in total. The molecule has 0 aliphatic carbocycles. The zero-order valence-electron chi connectivity index (χ0n) is 7.34. The summed E-state index contributed by atoms with van der Waals surface area (Å²) in [4.78, 5) is 11.3. The molecule has 0 aromatic carbocycles. The summed E-state index contributed by atoms with van der Waals surface area (Å²) >= 11 is 0. The van der Waals surface area contributed by atoms with Gasteiger partial charge in [-0.15, -0.1) is 0 Å². The van der Waals surface area contributed by atoms with Gasteiger partial charge in [0, 0.05) is 13.2 Å². The SMILES string of the molecule is COC(=O)C1(CN)CCCOC1. The van der Waals surface area contributed by atoms with Crippen molar-refractivity contribution in [1.29, 1.82) is 0 Å². The van der Waals surface area contributed by atoms with E-state index in [1.807, 2.05) is 0 Å². The normalized spacial score (nSPS) is 29.8. The third-order valence-electron chi connectivity index (χ3n) is 2.33. The predicted molar refractivity (Wildman–Crippen MR) is 43.6 cm³/mol. The first-order valence-corrected chi connectivity index (χ1v) is 4.11. The minimum atomic E-state index is -0.576. The fourth-order valence-corrected chi connectivity index (χ4v) is 1.47. The molecule has 2 N–H and O–H groups in total. The Hall–Kier alpha value is -0.610. The maximum absolute atomic E-state index is 11.3. The number of esters is 1. The molecule has 1 atom stereocenters. The number of carbonyl (C=O) groups is 1. The maximum Gasteiger partial charge on any atom is 0.315 e. The molecule has 0 aromatic heterocycles. The highest BCUT2D eigenvalue weighted by atomic mass is 16.5. The van der Waals surface area contributed by atoms with Crippen LogP contribution in [-0.2, 0) is 14.3 Å². The van der Waals surface area contributed by atoms with Gasteiger partial charge in [-0.2, -0.15) is 0 Å². The van der Waals surface area contributed by atoms with E-state index in [-0.39, 0.29) is 5.97 Å². The van der Waals surface area contributed by atoms with Gasteiger partial charge in [0.1, 0.15) is 5.41 Å². The summed E-state index contributed by atoms with van der Waals surface area (Å²) in [5.74, 6) is -0.246. The average molecular weight is 173 g/mol. The van der Waals surface area contributed by atoms with Crippen LogP contribution >= 0.6 is 0 Å². The van der Waals surface area contributed by atoms with Crippen LogP contribution in [-0.4, -0.2) is 32.8 Å². The minimum Gasteiger partial charge on any atom is -0.468 e. The Morgan fingerprint density at radius 2 is 2.50 bits per heavy atom. The third-order valence-corrected chi connectivity index (χ3v) is 2.33. The molecule has 0 spiro atoms. The topological polar surface area (TPSA) is 61.5 Å². The molecule has 1 heterocycles. The van der Waals surface area contributed by atoms with E-state index in [0.29, 0.717) is 13.2 Å². The number of rotatable bonds is 2. The van der Waals surface area contributed by atoms with E-state index in [4.69, 9.17) is 10.5 Å². The van der Waals surface area contributed by atoms with Gasteiger partial charge < -0.3 is 15.2 Å². The van der Waals surface area contributed by atoms with Gasteiger partial charge in [0.15, 0.2) is 0 Å². The lowest BCUT2D eigenvalue weighted by Crippen LogP contribution is -2.45. The van der Waals surface area contributed by atoms with E-state index in [9.17, 15) is 4.79 Å². The third kappa shape index (κ3) is 1.59. The van der Waals surface area contributed by atoms with Crippen LogP contribution in [0, 0.1) is 5.41 Å². The lowest BCUT2D eigenvalue weighted by atomic mass is 9.83. The summed E-state index contributed by atoms with van der Waals surface area (Å²) < 4.78 is 9.90. The van der Waals surface area contributed by atoms with Crippen molar-refractivity contribution in [3.05, 3.63) is 0 Å². The molecule has 0 aromatic rings. The lowest BCUT2D eigenvalue weighted by molar-refractivity contribution is -0.160. The molecule has 1 aliphatic heterocycles. The molecule has 0 amide bonds. The van der Waals surface area contributed by atoms with Gasteiger partial charge in [-0.1, -0.05) is 0 Å². The number of hydrogen-bond donors (Lipinski definition) is 1. The van der Waals surface area contributed by atoms with Crippen LogP contribution in [0.15, 0.2) is 0 Å². The van der Waals surface area contributed by atoms with E-state index in [0.717, 1.165) is 19.4 Å². The number of ether oxygens (including phenoxy) is 2. The summed E-state index contributed by atoms with van der Waals surface area (Å²) in [5.41, 5.74) is 4.96. The molecule has 0 radical (unpaired) electrons. The monoisotopic (exact) mass is 173 g/mol. The van der Waals surface area contributed by atoms with Crippen LogP contribution in [0.3, 0.4) is 0 Å². The highest BCUT2D eigenvalue weighted by molar-refractivity contribution is 5.77. The van der Waals surface area contributed by atoms with Crippen molar-refractivity contribution in [3.8, 4) is 0 Å². The zero-order valence-corrected chi connectivity index (χ0v) is 7.34. The Morgan fingerprint density at radius 1 is 1.75 bits per heavy atom. The van der Waals surface area contributed by atoms with E-state index in [1.54, 1.807) is 0 Å². The van der Waals surface area contributed by atoms with E-state index in [1.165, 1.54) is 7.11 Å². The molecule has 1 rings (SSSR count). The van der Waals surface area contributed by atoms with E-state index < -0.39 is 5.41 Å². The smallest absolute Gasteiger partial charge is 0.315 e. The Bertz CT molecular complexity index is 164. The van der Waals surface area contributed by atoms with E-state index in [2.05, 4.69) is 4.74 Å². The lowest BCUT2D eigenvalue weighted by Gasteiger charge is -2.32. The van der Waals surface area contributed by atoms with Crippen LogP contribution in [0.2, 0.25) is 0 Å². The number of nitrogens with two attached hydrogens (primary N) is 1. The average Bonchev–Trinajstić information content (AvgIpc) is 2.17. The number of carbonyl (C=O) groups excluding carboxylic acids is 1. The Balaban J connectivity index is 2.66. The van der Waals surface area contributed by atoms with Crippen molar-refractivity contribution in [2.75, 3.05) is 26.9 Å². The van der Waals surface area contributed by atoms with Crippen molar-refractivity contribution in [1.82, 2.24) is 0 Å². The second kappa shape index (κ2) is 3.87.